The molecule has 0 aliphatic carbocycles. The molecule has 5 heteroatoms. The molecule has 1 aromatic carbocycles. The van der Waals surface area contributed by atoms with Crippen molar-refractivity contribution in [1.82, 2.24) is 0 Å². The van der Waals surface area contributed by atoms with E-state index in [1.165, 1.54) is 0 Å². The van der Waals surface area contributed by atoms with Gasteiger partial charge in [-0.3, -0.25) is 0 Å². The molecule has 1 saturated heterocycles. The van der Waals surface area contributed by atoms with E-state index in [1.54, 1.807) is 0 Å². The maximum Gasteiger partial charge on any atom is 0.192 e. The summed E-state index contributed by atoms with van der Waals surface area (Å²) in [6.07, 6.45) is -0.00505. The lowest BCUT2D eigenvalue weighted by Crippen LogP contribution is -2.46. The van der Waals surface area contributed by atoms with Crippen molar-refractivity contribution in [3.05, 3.63) is 35.9 Å². The first-order valence-electron chi connectivity index (χ1n) is 9.21. The van der Waals surface area contributed by atoms with Crippen molar-refractivity contribution in [3.8, 4) is 0 Å². The van der Waals surface area contributed by atoms with Crippen LogP contribution in [0.2, 0.25) is 18.1 Å². The first-order chi connectivity index (χ1) is 11.7. The van der Waals surface area contributed by atoms with Gasteiger partial charge in [-0.05, 0) is 30.6 Å². The van der Waals surface area contributed by atoms with E-state index < -0.39 is 8.32 Å². The highest BCUT2D eigenvalue weighted by molar-refractivity contribution is 6.74. The van der Waals surface area contributed by atoms with Gasteiger partial charge in [0.05, 0.1) is 25.9 Å². The van der Waals surface area contributed by atoms with Crippen LogP contribution in [0.5, 0.6) is 0 Å². The van der Waals surface area contributed by atoms with Crippen molar-refractivity contribution in [2.45, 2.75) is 70.7 Å². The molecule has 142 valence electrons. The van der Waals surface area contributed by atoms with Crippen LogP contribution >= 0.6 is 0 Å². The summed E-state index contributed by atoms with van der Waals surface area (Å²) in [5.41, 5.74) is 1.16. The third-order valence-electron chi connectivity index (χ3n) is 5.54. The summed E-state index contributed by atoms with van der Waals surface area (Å²) >= 11 is 0. The van der Waals surface area contributed by atoms with E-state index in [0.717, 1.165) is 5.56 Å². The highest BCUT2D eigenvalue weighted by Gasteiger charge is 2.48. The molecule has 1 aromatic rings. The first-order valence-corrected chi connectivity index (χ1v) is 12.1. The van der Waals surface area contributed by atoms with E-state index in [2.05, 4.69) is 52.9 Å². The SMILES string of the molecule is C[C@@H](O[Si](C)(C)C(C)(C)C)[C@@H](COCc1ccccc1)[C@H]1O[C@@H]1CO. The maximum atomic E-state index is 9.37. The van der Waals surface area contributed by atoms with Gasteiger partial charge in [0.2, 0.25) is 0 Å². The molecule has 1 aliphatic heterocycles. The molecule has 1 fully saturated rings. The van der Waals surface area contributed by atoms with Crippen molar-refractivity contribution in [3.63, 3.8) is 0 Å². The molecule has 0 spiro atoms. The van der Waals surface area contributed by atoms with Gasteiger partial charge in [0.25, 0.3) is 0 Å². The third-order valence-corrected chi connectivity index (χ3v) is 10.1. The lowest BCUT2D eigenvalue weighted by molar-refractivity contribution is 0.0213. The molecule has 0 unspecified atom stereocenters. The quantitative estimate of drug-likeness (QED) is 0.530. The molecule has 4 nitrogen and oxygen atoms in total. The topological polar surface area (TPSA) is 51.2 Å². The van der Waals surface area contributed by atoms with Crippen LogP contribution in [0.4, 0.5) is 0 Å². The van der Waals surface area contributed by atoms with Crippen LogP contribution in [-0.4, -0.2) is 44.9 Å². The summed E-state index contributed by atoms with van der Waals surface area (Å²) in [5.74, 6) is 0.134. The van der Waals surface area contributed by atoms with Gasteiger partial charge in [0.1, 0.15) is 6.10 Å². The van der Waals surface area contributed by atoms with Crippen LogP contribution in [0.15, 0.2) is 30.3 Å². The lowest BCUT2D eigenvalue weighted by atomic mass is 9.99. The van der Waals surface area contributed by atoms with Crippen molar-refractivity contribution in [1.29, 1.82) is 0 Å². The molecule has 1 N–H and O–H groups in total. The zero-order valence-corrected chi connectivity index (χ0v) is 17.5. The molecule has 0 aromatic heterocycles. The summed E-state index contributed by atoms with van der Waals surface area (Å²) in [5, 5.41) is 9.54. The Morgan fingerprint density at radius 3 is 2.36 bits per heavy atom. The van der Waals surface area contributed by atoms with Crippen molar-refractivity contribution < 1.29 is 19.0 Å². The molecule has 0 saturated carbocycles. The Balaban J connectivity index is 1.96. The zero-order valence-electron chi connectivity index (χ0n) is 16.5. The fraction of sp³-hybridized carbons (Fsp3) is 0.700. The Morgan fingerprint density at radius 1 is 1.20 bits per heavy atom. The van der Waals surface area contributed by atoms with Gasteiger partial charge in [-0.1, -0.05) is 51.1 Å². The number of rotatable bonds is 9. The third kappa shape index (κ3) is 5.63. The van der Waals surface area contributed by atoms with Crippen LogP contribution in [0.3, 0.4) is 0 Å². The Bertz CT molecular complexity index is 526. The molecule has 1 heterocycles. The number of ether oxygens (including phenoxy) is 2. The summed E-state index contributed by atoms with van der Waals surface area (Å²) in [4.78, 5) is 0. The Morgan fingerprint density at radius 2 is 1.84 bits per heavy atom. The van der Waals surface area contributed by atoms with Gasteiger partial charge >= 0.3 is 0 Å². The highest BCUT2D eigenvalue weighted by Crippen LogP contribution is 2.40. The van der Waals surface area contributed by atoms with Crippen LogP contribution < -0.4 is 0 Å². The number of epoxide rings is 1. The minimum atomic E-state index is -1.86. The van der Waals surface area contributed by atoms with Crippen LogP contribution in [0.25, 0.3) is 0 Å². The second-order valence-electron chi connectivity index (χ2n) is 8.57. The van der Waals surface area contributed by atoms with Gasteiger partial charge in [-0.2, -0.15) is 0 Å². The Kier molecular flexibility index (Phi) is 6.85. The largest absolute Gasteiger partial charge is 0.414 e. The number of aliphatic hydroxyl groups excluding tert-OH is 1. The van der Waals surface area contributed by atoms with E-state index in [1.807, 2.05) is 18.2 Å². The minimum absolute atomic E-state index is 0.0283. The Labute approximate surface area is 153 Å². The fourth-order valence-electron chi connectivity index (χ4n) is 2.79. The van der Waals surface area contributed by atoms with E-state index in [-0.39, 0.29) is 35.9 Å². The van der Waals surface area contributed by atoms with E-state index in [9.17, 15) is 5.11 Å². The van der Waals surface area contributed by atoms with Gasteiger partial charge in [0, 0.05) is 12.0 Å². The van der Waals surface area contributed by atoms with Gasteiger partial charge < -0.3 is 19.0 Å². The van der Waals surface area contributed by atoms with Crippen LogP contribution in [0.1, 0.15) is 33.3 Å². The highest BCUT2D eigenvalue weighted by atomic mass is 28.4. The second kappa shape index (κ2) is 8.31. The molecule has 25 heavy (non-hydrogen) atoms. The molecule has 1 aliphatic rings. The van der Waals surface area contributed by atoms with E-state index in [0.29, 0.717) is 13.2 Å². The van der Waals surface area contributed by atoms with Crippen LogP contribution in [-0.2, 0) is 20.5 Å². The van der Waals surface area contributed by atoms with Crippen molar-refractivity contribution in [2.24, 2.45) is 5.92 Å². The zero-order chi connectivity index (χ0) is 18.7. The predicted molar refractivity (Wildman–Crippen MR) is 103 cm³/mol. The summed E-state index contributed by atoms with van der Waals surface area (Å²) < 4.78 is 18.2. The number of hydrogen-bond donors (Lipinski definition) is 1. The molecular formula is C20H34O4Si. The summed E-state index contributed by atoms with van der Waals surface area (Å²) in [7, 11) is -1.86. The average molecular weight is 367 g/mol. The van der Waals surface area contributed by atoms with Gasteiger partial charge in [0.15, 0.2) is 8.32 Å². The second-order valence-corrected chi connectivity index (χ2v) is 13.3. The predicted octanol–water partition coefficient (Wildman–Crippen LogP) is 3.99. The van der Waals surface area contributed by atoms with Crippen LogP contribution in [0, 0.1) is 5.92 Å². The standard InChI is InChI=1S/C20H34O4Si/c1-15(24-25(5,6)20(2,3)4)17(19-18(12-21)23-19)14-22-13-16-10-8-7-9-11-16/h7-11,15,17-19,21H,12-14H2,1-6H3/t15-,17-,18-,19-/m1/s1. The van der Waals surface area contributed by atoms with Gasteiger partial charge in [-0.25, -0.2) is 0 Å². The molecule has 2 rings (SSSR count). The molecule has 0 radical (unpaired) electrons. The van der Waals surface area contributed by atoms with Gasteiger partial charge in [-0.15, -0.1) is 0 Å². The minimum Gasteiger partial charge on any atom is -0.414 e. The average Bonchev–Trinajstić information content (AvgIpc) is 3.30. The molecule has 0 amide bonds. The normalized spacial score (nSPS) is 23.3. The van der Waals surface area contributed by atoms with Crippen molar-refractivity contribution >= 4 is 8.32 Å². The number of aliphatic hydroxyl groups is 1. The monoisotopic (exact) mass is 366 g/mol. The lowest BCUT2D eigenvalue weighted by Gasteiger charge is -2.40. The molecular weight excluding hydrogens is 332 g/mol. The number of benzene rings is 1. The number of hydrogen-bond acceptors (Lipinski definition) is 4. The summed E-state index contributed by atoms with van der Waals surface area (Å²) in [6, 6.07) is 10.2. The maximum absolute atomic E-state index is 9.37. The molecule has 0 bridgehead atoms. The van der Waals surface area contributed by atoms with Crippen molar-refractivity contribution in [2.75, 3.05) is 13.2 Å². The Hall–Kier alpha value is -0.723. The summed E-state index contributed by atoms with van der Waals surface area (Å²) in [6.45, 7) is 14.6. The molecule has 4 atom stereocenters. The van der Waals surface area contributed by atoms with E-state index in [4.69, 9.17) is 13.9 Å². The smallest absolute Gasteiger partial charge is 0.192 e. The van der Waals surface area contributed by atoms with E-state index >= 15 is 0 Å². The fourth-order valence-corrected chi connectivity index (χ4v) is 4.25. The first kappa shape index (κ1) is 20.6.